The Labute approximate surface area is 134 Å². The Morgan fingerprint density at radius 2 is 1.71 bits per heavy atom. The van der Waals surface area contributed by atoms with Crippen molar-refractivity contribution < 1.29 is 9.53 Å². The summed E-state index contributed by atoms with van der Waals surface area (Å²) < 4.78 is 6.01. The van der Waals surface area contributed by atoms with Crippen LogP contribution in [0.5, 0.6) is 5.75 Å². The third kappa shape index (κ3) is 5.01. The fraction of sp³-hybridized carbons (Fsp3) is 0.278. The largest absolute Gasteiger partial charge is 0.479 e. The van der Waals surface area contributed by atoms with Gasteiger partial charge in [0.15, 0.2) is 5.01 Å². The molecule has 0 aliphatic carbocycles. The van der Waals surface area contributed by atoms with Crippen LogP contribution in [0.25, 0.3) is 11.1 Å². The first-order valence-corrected chi connectivity index (χ1v) is 8.11. The molecular weight excluding hydrogens is 328 g/mol. The van der Waals surface area contributed by atoms with Gasteiger partial charge in [0.2, 0.25) is 0 Å². The second kappa shape index (κ2) is 8.63. The number of ether oxygens (including phenoxy) is 1. The molecule has 0 radical (unpaired) electrons. The number of unbranched alkanes of at least 4 members (excludes halogenated alkanes) is 2. The highest BCUT2D eigenvalue weighted by Gasteiger charge is 2.10. The van der Waals surface area contributed by atoms with Crippen molar-refractivity contribution >= 4 is 22.2 Å². The Hall–Kier alpha value is -1.61. The predicted octanol–water partition coefficient (Wildman–Crippen LogP) is 5.21. The third-order valence-electron chi connectivity index (χ3n) is 3.23. The zero-order valence-electron chi connectivity index (χ0n) is 11.9. The number of aldehydes is 1. The highest BCUT2D eigenvalue weighted by molar-refractivity contribution is 9.09. The molecule has 2 aromatic carbocycles. The summed E-state index contributed by atoms with van der Waals surface area (Å²) in [6.07, 6.45) is 4.36. The fourth-order valence-corrected chi connectivity index (χ4v) is 2.68. The number of carbonyl (C=O) groups excluding carboxylic acids is 1. The van der Waals surface area contributed by atoms with Crippen molar-refractivity contribution in [2.24, 2.45) is 0 Å². The summed E-state index contributed by atoms with van der Waals surface area (Å²) in [5, 5.41) is -0.0333. The smallest absolute Gasteiger partial charge is 0.153 e. The molecule has 0 fully saturated rings. The van der Waals surface area contributed by atoms with Gasteiger partial charge in [-0.1, -0.05) is 48.5 Å². The lowest BCUT2D eigenvalue weighted by atomic mass is 10.1. The molecule has 2 aromatic rings. The Morgan fingerprint density at radius 3 is 2.48 bits per heavy atom. The minimum atomic E-state index is -0.0333. The Balaban J connectivity index is 2.02. The van der Waals surface area contributed by atoms with E-state index in [9.17, 15) is 4.79 Å². The van der Waals surface area contributed by atoms with Crippen LogP contribution in [0.2, 0.25) is 0 Å². The molecule has 2 nitrogen and oxygen atoms in total. The van der Waals surface area contributed by atoms with Gasteiger partial charge < -0.3 is 9.53 Å². The van der Waals surface area contributed by atoms with Gasteiger partial charge in [-0.05, 0) is 46.8 Å². The van der Waals surface area contributed by atoms with E-state index in [0.717, 1.165) is 42.4 Å². The lowest BCUT2D eigenvalue weighted by Gasteiger charge is -2.16. The van der Waals surface area contributed by atoms with E-state index in [2.05, 4.69) is 34.1 Å². The van der Waals surface area contributed by atoms with Crippen LogP contribution in [0.15, 0.2) is 54.6 Å². The van der Waals surface area contributed by atoms with Crippen molar-refractivity contribution in [2.75, 3.05) is 0 Å². The summed E-state index contributed by atoms with van der Waals surface area (Å²) >= 11 is 3.56. The molecule has 3 heteroatoms. The number of halogens is 1. The second-order valence-corrected chi connectivity index (χ2v) is 5.86. The standard InChI is InChI=1S/C18H19BrO2/c19-18(13-5-2-8-14-20)21-17-12-7-6-11-16(17)15-9-3-1-4-10-15/h1,3-4,6-7,9-12,14,18H,2,5,8,13H2. The van der Waals surface area contributed by atoms with Crippen molar-refractivity contribution in [2.45, 2.75) is 30.7 Å². The molecule has 1 unspecified atom stereocenters. The zero-order valence-corrected chi connectivity index (χ0v) is 13.5. The SMILES string of the molecule is O=CCCCCC(Br)Oc1ccccc1-c1ccccc1. The van der Waals surface area contributed by atoms with Crippen LogP contribution in [0.4, 0.5) is 0 Å². The van der Waals surface area contributed by atoms with E-state index in [1.807, 2.05) is 36.4 Å². The summed E-state index contributed by atoms with van der Waals surface area (Å²) in [5.41, 5.74) is 2.24. The van der Waals surface area contributed by atoms with Gasteiger partial charge in [-0.15, -0.1) is 0 Å². The van der Waals surface area contributed by atoms with Crippen LogP contribution >= 0.6 is 15.9 Å². The van der Waals surface area contributed by atoms with Crippen molar-refractivity contribution in [3.8, 4) is 16.9 Å². The summed E-state index contributed by atoms with van der Waals surface area (Å²) in [4.78, 5) is 10.3. The molecule has 0 bridgehead atoms. The fourth-order valence-electron chi connectivity index (χ4n) is 2.15. The van der Waals surface area contributed by atoms with Gasteiger partial charge in [-0.3, -0.25) is 0 Å². The first-order valence-electron chi connectivity index (χ1n) is 7.20. The molecule has 0 heterocycles. The molecule has 2 rings (SSSR count). The second-order valence-electron chi connectivity index (χ2n) is 4.84. The topological polar surface area (TPSA) is 26.3 Å². The number of benzene rings is 2. The highest BCUT2D eigenvalue weighted by Crippen LogP contribution is 2.31. The van der Waals surface area contributed by atoms with Gasteiger partial charge in [-0.25, -0.2) is 0 Å². The number of rotatable bonds is 8. The Morgan fingerprint density at radius 1 is 1.00 bits per heavy atom. The van der Waals surface area contributed by atoms with E-state index in [4.69, 9.17) is 4.74 Å². The van der Waals surface area contributed by atoms with E-state index < -0.39 is 0 Å². The average molecular weight is 347 g/mol. The van der Waals surface area contributed by atoms with Gasteiger partial charge in [0, 0.05) is 12.0 Å². The maximum absolute atomic E-state index is 10.3. The van der Waals surface area contributed by atoms with E-state index in [0.29, 0.717) is 6.42 Å². The molecule has 0 aromatic heterocycles. The normalized spacial score (nSPS) is 11.9. The van der Waals surface area contributed by atoms with Crippen molar-refractivity contribution in [1.29, 1.82) is 0 Å². The molecule has 0 aliphatic heterocycles. The van der Waals surface area contributed by atoms with Crippen LogP contribution in [0.3, 0.4) is 0 Å². The molecule has 110 valence electrons. The van der Waals surface area contributed by atoms with Crippen LogP contribution in [-0.2, 0) is 4.79 Å². The predicted molar refractivity (Wildman–Crippen MR) is 89.8 cm³/mol. The molecule has 0 aliphatic rings. The number of alkyl halides is 1. The molecule has 0 saturated carbocycles. The maximum Gasteiger partial charge on any atom is 0.153 e. The molecule has 0 saturated heterocycles. The van der Waals surface area contributed by atoms with E-state index in [-0.39, 0.29) is 5.01 Å². The minimum absolute atomic E-state index is 0.0333. The van der Waals surface area contributed by atoms with Gasteiger partial charge in [0.25, 0.3) is 0 Å². The Bertz CT molecular complexity index is 554. The quantitative estimate of drug-likeness (QED) is 0.372. The third-order valence-corrected chi connectivity index (χ3v) is 3.87. The van der Waals surface area contributed by atoms with Gasteiger partial charge in [-0.2, -0.15) is 0 Å². The lowest BCUT2D eigenvalue weighted by Crippen LogP contribution is -2.08. The zero-order chi connectivity index (χ0) is 14.9. The van der Waals surface area contributed by atoms with Crippen LogP contribution < -0.4 is 4.74 Å². The van der Waals surface area contributed by atoms with E-state index >= 15 is 0 Å². The number of carbonyl (C=O) groups is 1. The number of hydrogen-bond donors (Lipinski definition) is 0. The molecule has 0 N–H and O–H groups in total. The number of para-hydroxylation sites is 1. The van der Waals surface area contributed by atoms with Crippen LogP contribution in [0, 0.1) is 0 Å². The first-order chi connectivity index (χ1) is 10.3. The lowest BCUT2D eigenvalue weighted by molar-refractivity contribution is -0.107. The molecule has 1 atom stereocenters. The van der Waals surface area contributed by atoms with Crippen LogP contribution in [-0.4, -0.2) is 11.3 Å². The molecule has 0 amide bonds. The van der Waals surface area contributed by atoms with Crippen molar-refractivity contribution in [3.63, 3.8) is 0 Å². The molecular formula is C18H19BrO2. The van der Waals surface area contributed by atoms with Crippen molar-refractivity contribution in [3.05, 3.63) is 54.6 Å². The van der Waals surface area contributed by atoms with E-state index in [1.165, 1.54) is 0 Å². The van der Waals surface area contributed by atoms with Gasteiger partial charge >= 0.3 is 0 Å². The molecule has 21 heavy (non-hydrogen) atoms. The summed E-state index contributed by atoms with van der Waals surface area (Å²) in [6.45, 7) is 0. The summed E-state index contributed by atoms with van der Waals surface area (Å²) in [5.74, 6) is 0.876. The Kier molecular flexibility index (Phi) is 6.48. The summed E-state index contributed by atoms with van der Waals surface area (Å²) in [6, 6.07) is 18.3. The van der Waals surface area contributed by atoms with Crippen molar-refractivity contribution in [1.82, 2.24) is 0 Å². The van der Waals surface area contributed by atoms with E-state index in [1.54, 1.807) is 0 Å². The van der Waals surface area contributed by atoms with Gasteiger partial charge in [0.05, 0.1) is 0 Å². The monoisotopic (exact) mass is 346 g/mol. The van der Waals surface area contributed by atoms with Crippen LogP contribution in [0.1, 0.15) is 25.7 Å². The number of hydrogen-bond acceptors (Lipinski definition) is 2. The molecule has 0 spiro atoms. The average Bonchev–Trinajstić information content (AvgIpc) is 2.53. The minimum Gasteiger partial charge on any atom is -0.479 e. The first kappa shape index (κ1) is 15.8. The highest BCUT2D eigenvalue weighted by atomic mass is 79.9. The summed E-state index contributed by atoms with van der Waals surface area (Å²) in [7, 11) is 0. The maximum atomic E-state index is 10.3. The van der Waals surface area contributed by atoms with Gasteiger partial charge in [0.1, 0.15) is 12.0 Å².